The summed E-state index contributed by atoms with van der Waals surface area (Å²) >= 11 is 0. The zero-order valence-electron chi connectivity index (χ0n) is 25.4. The summed E-state index contributed by atoms with van der Waals surface area (Å²) < 4.78 is 3.20. The van der Waals surface area contributed by atoms with Crippen molar-refractivity contribution in [2.24, 2.45) is 11.8 Å². The Morgan fingerprint density at radius 3 is 2.78 bits per heavy atom. The second-order valence-electron chi connectivity index (χ2n) is 11.9. The zero-order chi connectivity index (χ0) is 31.2. The number of nitrogens with zero attached hydrogens (tertiary/aromatic N) is 8. The topological polar surface area (TPSA) is 140 Å². The maximum absolute atomic E-state index is 13.0. The number of para-hydroxylation sites is 1. The highest BCUT2D eigenvalue weighted by Gasteiger charge is 2.39. The number of fused-ring (bicyclic) bond motifs is 2. The lowest BCUT2D eigenvalue weighted by Gasteiger charge is -2.46. The number of allylic oxidation sites excluding steroid dienone is 1. The molecule has 0 saturated carbocycles. The number of hydrogen-bond donors (Lipinski definition) is 2. The van der Waals surface area contributed by atoms with Crippen molar-refractivity contribution < 1.29 is 5.11 Å². The Morgan fingerprint density at radius 1 is 1.11 bits per heavy atom. The van der Waals surface area contributed by atoms with Crippen molar-refractivity contribution in [3.05, 3.63) is 99.1 Å². The van der Waals surface area contributed by atoms with E-state index in [1.165, 1.54) is 11.1 Å². The van der Waals surface area contributed by atoms with Crippen LogP contribution in [0.3, 0.4) is 0 Å². The molecule has 11 nitrogen and oxygen atoms in total. The summed E-state index contributed by atoms with van der Waals surface area (Å²) in [7, 11) is 0. The van der Waals surface area contributed by atoms with Crippen LogP contribution in [0.25, 0.3) is 16.8 Å². The Kier molecular flexibility index (Phi) is 7.04. The highest BCUT2D eigenvalue weighted by atomic mass is 16.3. The molecule has 1 saturated heterocycles. The van der Waals surface area contributed by atoms with Gasteiger partial charge in [0.25, 0.3) is 5.56 Å². The van der Waals surface area contributed by atoms with Crippen LogP contribution in [0, 0.1) is 37.5 Å². The van der Waals surface area contributed by atoms with E-state index in [1.54, 1.807) is 39.8 Å². The first kappa shape index (κ1) is 28.3. The van der Waals surface area contributed by atoms with Crippen molar-refractivity contribution in [2.45, 2.75) is 40.2 Å². The number of phenols is 1. The smallest absolute Gasteiger partial charge is 0.277 e. The van der Waals surface area contributed by atoms with Crippen molar-refractivity contribution in [3.63, 3.8) is 0 Å². The van der Waals surface area contributed by atoms with Gasteiger partial charge in [-0.2, -0.15) is 5.10 Å². The maximum Gasteiger partial charge on any atom is 0.277 e. The van der Waals surface area contributed by atoms with E-state index in [4.69, 9.17) is 10.7 Å². The maximum atomic E-state index is 13.0. The number of phenolic OH excluding ortho intramolecular Hbond substituents is 1. The molecule has 2 atom stereocenters. The lowest BCUT2D eigenvalue weighted by molar-refractivity contribution is 0.385. The predicted molar refractivity (Wildman–Crippen MR) is 172 cm³/mol. The van der Waals surface area contributed by atoms with Crippen molar-refractivity contribution in [1.29, 1.82) is 0 Å². The first-order valence-electron chi connectivity index (χ1n) is 15.0. The zero-order valence-corrected chi connectivity index (χ0v) is 25.4. The molecule has 0 bridgehead atoms. The van der Waals surface area contributed by atoms with Crippen LogP contribution in [0.5, 0.6) is 5.75 Å². The highest BCUT2D eigenvalue weighted by molar-refractivity contribution is 5.68. The van der Waals surface area contributed by atoms with E-state index in [-0.39, 0.29) is 17.9 Å². The van der Waals surface area contributed by atoms with Gasteiger partial charge < -0.3 is 20.3 Å². The number of benzene rings is 1. The number of anilines is 2. The minimum Gasteiger partial charge on any atom is -0.507 e. The van der Waals surface area contributed by atoms with Crippen LogP contribution in [0.2, 0.25) is 0 Å². The molecular weight excluding hydrogens is 566 g/mol. The standard InChI is InChI=1S/C34H33N9O2/c1-20-18-42(19-25-16-23(31(20)25)15-24-17-27(38-39-33(24)35)26-7-4-5-8-28(26)44)30-10-11-36-29(37-30)9-6-12-41-13-14-43-32(34(41)45)21(2)22(3)40-43/h4-5,7-8,10-11,13-14,17,20,25,44H,12,15-16,18-19H2,1-3H3,(H2,35,39). The van der Waals surface area contributed by atoms with Crippen molar-refractivity contribution in [1.82, 2.24) is 34.3 Å². The summed E-state index contributed by atoms with van der Waals surface area (Å²) in [5.41, 5.74) is 13.5. The Bertz CT molecular complexity index is 2120. The van der Waals surface area contributed by atoms with Gasteiger partial charge >= 0.3 is 0 Å². The lowest BCUT2D eigenvalue weighted by atomic mass is 9.67. The molecule has 2 aliphatic rings. The first-order valence-corrected chi connectivity index (χ1v) is 15.0. The quantitative estimate of drug-likeness (QED) is 0.228. The van der Waals surface area contributed by atoms with E-state index in [1.807, 2.05) is 38.1 Å². The first-order chi connectivity index (χ1) is 21.8. The minimum atomic E-state index is -0.121. The molecule has 5 aromatic rings. The van der Waals surface area contributed by atoms with Crippen LogP contribution < -0.4 is 16.2 Å². The number of aromatic hydroxyl groups is 1. The number of nitrogens with two attached hydrogens (primary N) is 1. The molecule has 4 aromatic heterocycles. The molecule has 0 amide bonds. The molecule has 1 aliphatic heterocycles. The van der Waals surface area contributed by atoms with Gasteiger partial charge in [0, 0.05) is 54.3 Å². The predicted octanol–water partition coefficient (Wildman–Crippen LogP) is 3.71. The van der Waals surface area contributed by atoms with Gasteiger partial charge in [0.05, 0.1) is 17.9 Å². The minimum absolute atomic E-state index is 0.121. The largest absolute Gasteiger partial charge is 0.507 e. The monoisotopic (exact) mass is 599 g/mol. The number of piperidine rings is 1. The summed E-state index contributed by atoms with van der Waals surface area (Å²) in [4.78, 5) is 24.4. The third-order valence-electron chi connectivity index (χ3n) is 8.95. The fourth-order valence-corrected chi connectivity index (χ4v) is 6.62. The molecule has 11 heteroatoms. The van der Waals surface area contributed by atoms with Crippen molar-refractivity contribution in [2.75, 3.05) is 23.7 Å². The number of rotatable bonds is 5. The molecule has 1 aliphatic carbocycles. The Hall–Kier alpha value is -5.50. The molecule has 7 rings (SSSR count). The van der Waals surface area contributed by atoms with Crippen molar-refractivity contribution >= 4 is 17.2 Å². The normalized spacial score (nSPS) is 17.5. The molecule has 45 heavy (non-hydrogen) atoms. The van der Waals surface area contributed by atoms with Crippen LogP contribution in [0.4, 0.5) is 11.6 Å². The van der Waals surface area contributed by atoms with Gasteiger partial charge in [0.2, 0.25) is 5.82 Å². The molecule has 5 heterocycles. The van der Waals surface area contributed by atoms with E-state index >= 15 is 0 Å². The third kappa shape index (κ3) is 5.18. The van der Waals surface area contributed by atoms with Crippen LogP contribution in [0.1, 0.15) is 36.0 Å². The Labute approximate surface area is 260 Å². The highest BCUT2D eigenvalue weighted by Crippen LogP contribution is 2.45. The summed E-state index contributed by atoms with van der Waals surface area (Å²) in [6.07, 6.45) is 6.93. The van der Waals surface area contributed by atoms with Gasteiger partial charge in [0.15, 0.2) is 0 Å². The van der Waals surface area contributed by atoms with Crippen LogP contribution in [0.15, 0.2) is 70.9 Å². The summed E-state index contributed by atoms with van der Waals surface area (Å²) in [5.74, 6) is 8.78. The molecule has 1 fully saturated rings. The van der Waals surface area contributed by atoms with E-state index in [2.05, 4.69) is 43.9 Å². The lowest BCUT2D eigenvalue weighted by Crippen LogP contribution is -2.46. The SMILES string of the molecule is Cc1nn2ccn(CC#Cc3nccc(N4CC(C)C5=C(Cc6cc(-c7ccccc7O)nnc6N)CC5C4)n3)c(=O)c2c1C. The van der Waals surface area contributed by atoms with Crippen molar-refractivity contribution in [3.8, 4) is 28.8 Å². The van der Waals surface area contributed by atoms with Gasteiger partial charge in [-0.3, -0.25) is 4.79 Å². The average Bonchev–Trinajstić information content (AvgIpc) is 3.31. The Morgan fingerprint density at radius 2 is 1.96 bits per heavy atom. The van der Waals surface area contributed by atoms with Gasteiger partial charge in [-0.05, 0) is 62.8 Å². The second-order valence-corrected chi connectivity index (χ2v) is 11.9. The average molecular weight is 600 g/mol. The van der Waals surface area contributed by atoms with Crippen LogP contribution in [-0.4, -0.2) is 52.5 Å². The molecule has 0 radical (unpaired) electrons. The molecule has 2 unspecified atom stereocenters. The number of nitrogen functional groups attached to an aromatic ring is 1. The summed E-state index contributed by atoms with van der Waals surface area (Å²) in [5, 5.41) is 23.1. The molecule has 1 aromatic carbocycles. The number of aryl methyl sites for hydroxylation is 2. The third-order valence-corrected chi connectivity index (χ3v) is 8.95. The number of aromatic nitrogens is 7. The summed E-state index contributed by atoms with van der Waals surface area (Å²) in [6.45, 7) is 8.01. The molecule has 226 valence electrons. The van der Waals surface area contributed by atoms with Gasteiger partial charge in [0.1, 0.15) is 22.9 Å². The summed E-state index contributed by atoms with van der Waals surface area (Å²) in [6, 6.07) is 11.0. The fraction of sp³-hybridized carbons (Fsp3) is 0.294. The number of hydrogen-bond acceptors (Lipinski definition) is 9. The van der Waals surface area contributed by atoms with Gasteiger partial charge in [-0.1, -0.05) is 36.1 Å². The molecule has 0 spiro atoms. The molecule has 3 N–H and O–H groups in total. The van der Waals surface area contributed by atoms with Crippen LogP contribution >= 0.6 is 0 Å². The Balaban J connectivity index is 1.05. The fourth-order valence-electron chi connectivity index (χ4n) is 6.62. The van der Waals surface area contributed by atoms with Gasteiger partial charge in [-0.15, -0.1) is 10.2 Å². The second kappa shape index (κ2) is 11.2. The molecular formula is C34H33N9O2. The van der Waals surface area contributed by atoms with E-state index < -0.39 is 0 Å². The van der Waals surface area contributed by atoms with E-state index in [9.17, 15) is 9.90 Å². The van der Waals surface area contributed by atoms with Crippen LogP contribution in [-0.2, 0) is 13.0 Å². The van der Waals surface area contributed by atoms with E-state index in [0.29, 0.717) is 40.3 Å². The van der Waals surface area contributed by atoms with Gasteiger partial charge in [-0.25, -0.2) is 14.5 Å². The van der Waals surface area contributed by atoms with E-state index in [0.717, 1.165) is 48.6 Å².